The molecule has 1 rings (SSSR count). The molecule has 1 aromatic rings. The first kappa shape index (κ1) is 15.9. The maximum Gasteiger partial charge on any atom is 0.190 e. The van der Waals surface area contributed by atoms with Crippen molar-refractivity contribution in [2.45, 2.75) is 40.2 Å². The van der Waals surface area contributed by atoms with E-state index < -0.39 is 11.6 Å². The molecule has 0 aliphatic heterocycles. The first-order chi connectivity index (χ1) is 9.08. The van der Waals surface area contributed by atoms with Gasteiger partial charge in [0.25, 0.3) is 0 Å². The van der Waals surface area contributed by atoms with Crippen LogP contribution in [0.15, 0.2) is 12.1 Å². The van der Waals surface area contributed by atoms with Crippen LogP contribution in [-0.4, -0.2) is 13.2 Å². The minimum atomic E-state index is -0.628. The van der Waals surface area contributed by atoms with Crippen LogP contribution in [0.4, 0.5) is 8.78 Å². The van der Waals surface area contributed by atoms with Gasteiger partial charge in [0.05, 0.1) is 6.61 Å². The van der Waals surface area contributed by atoms with Crippen LogP contribution in [0.2, 0.25) is 0 Å². The largest absolute Gasteiger partial charge is 0.487 e. The lowest BCUT2D eigenvalue weighted by molar-refractivity contribution is 0.231. The Morgan fingerprint density at radius 1 is 1.21 bits per heavy atom. The van der Waals surface area contributed by atoms with E-state index in [0.29, 0.717) is 24.6 Å². The Morgan fingerprint density at radius 3 is 2.37 bits per heavy atom. The van der Waals surface area contributed by atoms with E-state index in [1.807, 2.05) is 13.8 Å². The molecule has 1 atom stereocenters. The number of nitrogens with one attached hydrogen (secondary N) is 1. The predicted molar refractivity (Wildman–Crippen MR) is 73.3 cm³/mol. The van der Waals surface area contributed by atoms with Gasteiger partial charge in [0.1, 0.15) is 0 Å². The van der Waals surface area contributed by atoms with Gasteiger partial charge in [-0.25, -0.2) is 8.78 Å². The highest BCUT2D eigenvalue weighted by atomic mass is 19.1. The van der Waals surface area contributed by atoms with Crippen LogP contribution in [0, 0.1) is 17.6 Å². The molecule has 1 unspecified atom stereocenters. The van der Waals surface area contributed by atoms with Crippen LogP contribution in [-0.2, 0) is 6.54 Å². The van der Waals surface area contributed by atoms with E-state index in [1.165, 1.54) is 12.1 Å². The van der Waals surface area contributed by atoms with E-state index in [0.717, 1.165) is 19.4 Å². The zero-order valence-corrected chi connectivity index (χ0v) is 11.9. The SMILES string of the molecule is CCCC(C)COc1c(F)cc(CNCC)cc1F. The fourth-order valence-corrected chi connectivity index (χ4v) is 1.92. The van der Waals surface area contributed by atoms with E-state index >= 15 is 0 Å². The molecule has 0 radical (unpaired) electrons. The van der Waals surface area contributed by atoms with Crippen molar-refractivity contribution in [1.82, 2.24) is 5.32 Å². The number of halogens is 2. The van der Waals surface area contributed by atoms with Crippen molar-refractivity contribution in [3.05, 3.63) is 29.3 Å². The monoisotopic (exact) mass is 271 g/mol. The summed E-state index contributed by atoms with van der Waals surface area (Å²) in [7, 11) is 0. The second-order valence-electron chi connectivity index (χ2n) is 4.87. The maximum atomic E-state index is 13.8. The number of ether oxygens (including phenoxy) is 1. The van der Waals surface area contributed by atoms with Gasteiger partial charge in [-0.1, -0.05) is 27.2 Å². The zero-order valence-electron chi connectivity index (χ0n) is 11.9. The highest BCUT2D eigenvalue weighted by Crippen LogP contribution is 2.24. The van der Waals surface area contributed by atoms with Crippen LogP contribution in [0.5, 0.6) is 5.75 Å². The molecular formula is C15H23F2NO. The molecule has 0 aromatic heterocycles. The summed E-state index contributed by atoms with van der Waals surface area (Å²) in [6.45, 7) is 7.59. The molecule has 0 saturated carbocycles. The molecule has 108 valence electrons. The molecule has 0 amide bonds. The topological polar surface area (TPSA) is 21.3 Å². The summed E-state index contributed by atoms with van der Waals surface area (Å²) in [4.78, 5) is 0. The molecule has 0 spiro atoms. The number of rotatable bonds is 8. The molecule has 0 aliphatic rings. The van der Waals surface area contributed by atoms with Crippen molar-refractivity contribution < 1.29 is 13.5 Å². The van der Waals surface area contributed by atoms with Crippen LogP contribution in [0.3, 0.4) is 0 Å². The van der Waals surface area contributed by atoms with Crippen molar-refractivity contribution in [2.24, 2.45) is 5.92 Å². The molecule has 1 N–H and O–H groups in total. The molecule has 4 heteroatoms. The smallest absolute Gasteiger partial charge is 0.190 e. The fourth-order valence-electron chi connectivity index (χ4n) is 1.92. The predicted octanol–water partition coefficient (Wildman–Crippen LogP) is 3.89. The number of hydrogen-bond acceptors (Lipinski definition) is 2. The summed E-state index contributed by atoms with van der Waals surface area (Å²) in [5, 5.41) is 3.03. The molecular weight excluding hydrogens is 248 g/mol. The minimum Gasteiger partial charge on any atom is -0.487 e. The quantitative estimate of drug-likeness (QED) is 0.774. The first-order valence-corrected chi connectivity index (χ1v) is 6.89. The Kier molecular flexibility index (Phi) is 6.78. The zero-order chi connectivity index (χ0) is 14.3. The van der Waals surface area contributed by atoms with Gasteiger partial charge < -0.3 is 10.1 Å². The molecule has 0 bridgehead atoms. The van der Waals surface area contributed by atoms with Gasteiger partial charge in [0, 0.05) is 6.54 Å². The summed E-state index contributed by atoms with van der Waals surface area (Å²) in [6, 6.07) is 2.65. The third-order valence-corrected chi connectivity index (χ3v) is 2.93. The van der Waals surface area contributed by atoms with E-state index in [-0.39, 0.29) is 5.75 Å². The summed E-state index contributed by atoms with van der Waals surface area (Å²) >= 11 is 0. The summed E-state index contributed by atoms with van der Waals surface area (Å²) in [6.07, 6.45) is 2.03. The maximum absolute atomic E-state index is 13.8. The number of hydrogen-bond donors (Lipinski definition) is 1. The lowest BCUT2D eigenvalue weighted by Gasteiger charge is -2.14. The van der Waals surface area contributed by atoms with E-state index in [1.54, 1.807) is 0 Å². The normalized spacial score (nSPS) is 12.5. The second kappa shape index (κ2) is 8.10. The minimum absolute atomic E-state index is 0.261. The van der Waals surface area contributed by atoms with Gasteiger partial charge >= 0.3 is 0 Å². The third kappa shape index (κ3) is 5.15. The van der Waals surface area contributed by atoms with Crippen LogP contribution >= 0.6 is 0 Å². The fraction of sp³-hybridized carbons (Fsp3) is 0.600. The van der Waals surface area contributed by atoms with E-state index in [4.69, 9.17) is 4.74 Å². The van der Waals surface area contributed by atoms with Gasteiger partial charge in [-0.05, 0) is 36.6 Å². The van der Waals surface area contributed by atoms with E-state index in [9.17, 15) is 8.78 Å². The average Bonchev–Trinajstić information content (AvgIpc) is 2.35. The highest BCUT2D eigenvalue weighted by molar-refractivity contribution is 5.31. The lowest BCUT2D eigenvalue weighted by Crippen LogP contribution is -2.13. The average molecular weight is 271 g/mol. The van der Waals surface area contributed by atoms with Crippen molar-refractivity contribution in [1.29, 1.82) is 0 Å². The van der Waals surface area contributed by atoms with Gasteiger partial charge in [-0.15, -0.1) is 0 Å². The van der Waals surface area contributed by atoms with Crippen molar-refractivity contribution in [3.63, 3.8) is 0 Å². The molecule has 0 heterocycles. The Morgan fingerprint density at radius 2 is 1.84 bits per heavy atom. The second-order valence-corrected chi connectivity index (χ2v) is 4.87. The molecule has 0 saturated heterocycles. The van der Waals surface area contributed by atoms with Gasteiger partial charge in [0.15, 0.2) is 17.4 Å². The van der Waals surface area contributed by atoms with Crippen molar-refractivity contribution in [2.75, 3.05) is 13.2 Å². The molecule has 0 aliphatic carbocycles. The van der Waals surface area contributed by atoms with Gasteiger partial charge in [-0.2, -0.15) is 0 Å². The first-order valence-electron chi connectivity index (χ1n) is 6.89. The Labute approximate surface area is 114 Å². The molecule has 0 fully saturated rings. The molecule has 2 nitrogen and oxygen atoms in total. The van der Waals surface area contributed by atoms with Crippen LogP contribution in [0.25, 0.3) is 0 Å². The van der Waals surface area contributed by atoms with Crippen molar-refractivity contribution >= 4 is 0 Å². The van der Waals surface area contributed by atoms with Crippen LogP contribution < -0.4 is 10.1 Å². The highest BCUT2D eigenvalue weighted by Gasteiger charge is 2.13. The van der Waals surface area contributed by atoms with Crippen molar-refractivity contribution in [3.8, 4) is 5.75 Å². The summed E-state index contributed by atoms with van der Waals surface area (Å²) in [5.74, 6) is -1.22. The third-order valence-electron chi connectivity index (χ3n) is 2.93. The van der Waals surface area contributed by atoms with Gasteiger partial charge in [-0.3, -0.25) is 0 Å². The molecule has 1 aromatic carbocycles. The molecule has 19 heavy (non-hydrogen) atoms. The van der Waals surface area contributed by atoms with E-state index in [2.05, 4.69) is 12.2 Å². The summed E-state index contributed by atoms with van der Waals surface area (Å²) < 4.78 is 32.8. The Balaban J connectivity index is 2.68. The summed E-state index contributed by atoms with van der Waals surface area (Å²) in [5.41, 5.74) is 0.589. The van der Waals surface area contributed by atoms with Gasteiger partial charge in [0.2, 0.25) is 0 Å². The standard InChI is InChI=1S/C15H23F2NO/c1-4-6-11(3)10-19-15-13(16)7-12(8-14(15)17)9-18-5-2/h7-8,11,18H,4-6,9-10H2,1-3H3. The number of benzene rings is 1. The Hall–Kier alpha value is -1.16. The Bertz CT molecular complexity index is 373. The van der Waals surface area contributed by atoms with Crippen LogP contribution in [0.1, 0.15) is 39.2 Å². The lowest BCUT2D eigenvalue weighted by atomic mass is 10.1.